The molecule has 2 unspecified atom stereocenters. The summed E-state index contributed by atoms with van der Waals surface area (Å²) in [6.07, 6.45) is 1.79. The number of benzene rings is 1. The summed E-state index contributed by atoms with van der Waals surface area (Å²) >= 11 is 0. The Morgan fingerprint density at radius 1 is 1.26 bits per heavy atom. The van der Waals surface area contributed by atoms with E-state index >= 15 is 0 Å². The van der Waals surface area contributed by atoms with Crippen molar-refractivity contribution in [2.24, 2.45) is 5.92 Å². The fourth-order valence-electron chi connectivity index (χ4n) is 2.56. The molecule has 1 aromatic carbocycles. The van der Waals surface area contributed by atoms with Gasteiger partial charge in [-0.3, -0.25) is 0 Å². The van der Waals surface area contributed by atoms with E-state index in [4.69, 9.17) is 4.74 Å². The fourth-order valence-corrected chi connectivity index (χ4v) is 2.56. The van der Waals surface area contributed by atoms with Gasteiger partial charge in [0.1, 0.15) is 5.82 Å². The van der Waals surface area contributed by atoms with Crippen LogP contribution in [0.25, 0.3) is 0 Å². The Balaban J connectivity index is 2.29. The molecule has 0 radical (unpaired) electrons. The van der Waals surface area contributed by atoms with Crippen molar-refractivity contribution in [2.45, 2.75) is 25.8 Å². The zero-order valence-corrected chi connectivity index (χ0v) is 10.9. The molecule has 2 nitrogen and oxygen atoms in total. The Morgan fingerprint density at radius 3 is 2.63 bits per heavy atom. The van der Waals surface area contributed by atoms with Crippen LogP contribution in [0, 0.1) is 23.4 Å². The second kappa shape index (κ2) is 6.39. The van der Waals surface area contributed by atoms with Crippen molar-refractivity contribution in [1.29, 1.82) is 0 Å². The fraction of sp³-hybridized carbons (Fsp3) is 0.571. The van der Waals surface area contributed by atoms with Gasteiger partial charge in [0.05, 0.1) is 6.61 Å². The maximum absolute atomic E-state index is 13.9. The molecule has 1 aromatic rings. The molecule has 1 N–H and O–H groups in total. The molecule has 2 rings (SSSR count). The van der Waals surface area contributed by atoms with Crippen LogP contribution in [0.5, 0.6) is 0 Å². The summed E-state index contributed by atoms with van der Waals surface area (Å²) < 4.78 is 45.6. The first-order chi connectivity index (χ1) is 9.13. The largest absolute Gasteiger partial charge is 0.381 e. The van der Waals surface area contributed by atoms with Gasteiger partial charge in [-0.05, 0) is 25.5 Å². The number of nitrogens with one attached hydrogen (secondary N) is 1. The van der Waals surface area contributed by atoms with Gasteiger partial charge in [-0.1, -0.05) is 6.92 Å². The van der Waals surface area contributed by atoms with Gasteiger partial charge < -0.3 is 10.1 Å². The number of hydrogen-bond donors (Lipinski definition) is 1. The maximum Gasteiger partial charge on any atom is 0.161 e. The van der Waals surface area contributed by atoms with Crippen molar-refractivity contribution < 1.29 is 17.9 Å². The van der Waals surface area contributed by atoms with Crippen LogP contribution in [-0.4, -0.2) is 19.8 Å². The third kappa shape index (κ3) is 3.28. The SMILES string of the molecule is CCNC(c1cc(F)c(F)cc1F)C1CCCOC1. The van der Waals surface area contributed by atoms with Crippen LogP contribution in [-0.2, 0) is 4.74 Å². The molecule has 1 heterocycles. The summed E-state index contributed by atoms with van der Waals surface area (Å²) in [5, 5.41) is 3.15. The third-order valence-electron chi connectivity index (χ3n) is 3.47. The highest BCUT2D eigenvalue weighted by Crippen LogP contribution is 2.31. The maximum atomic E-state index is 13.9. The molecule has 0 spiro atoms. The second-order valence-corrected chi connectivity index (χ2v) is 4.80. The zero-order valence-electron chi connectivity index (χ0n) is 10.9. The highest BCUT2D eigenvalue weighted by molar-refractivity contribution is 5.24. The van der Waals surface area contributed by atoms with Crippen molar-refractivity contribution >= 4 is 0 Å². The summed E-state index contributed by atoms with van der Waals surface area (Å²) in [5.41, 5.74) is 0.177. The Morgan fingerprint density at radius 2 is 2.00 bits per heavy atom. The number of halogens is 3. The molecule has 0 amide bonds. The summed E-state index contributed by atoms with van der Waals surface area (Å²) in [7, 11) is 0. The highest BCUT2D eigenvalue weighted by Gasteiger charge is 2.28. The Kier molecular flexibility index (Phi) is 4.82. The summed E-state index contributed by atoms with van der Waals surface area (Å²) in [4.78, 5) is 0. The molecule has 0 aliphatic carbocycles. The van der Waals surface area contributed by atoms with Crippen LogP contribution in [0.1, 0.15) is 31.4 Å². The van der Waals surface area contributed by atoms with Crippen molar-refractivity contribution in [3.63, 3.8) is 0 Å². The average Bonchev–Trinajstić information content (AvgIpc) is 2.42. The van der Waals surface area contributed by atoms with E-state index in [9.17, 15) is 13.2 Å². The van der Waals surface area contributed by atoms with Gasteiger partial charge in [-0.15, -0.1) is 0 Å². The molecule has 5 heteroatoms. The Bertz CT molecular complexity index is 433. The van der Waals surface area contributed by atoms with E-state index in [1.165, 1.54) is 0 Å². The lowest BCUT2D eigenvalue weighted by Gasteiger charge is -2.31. The molecule has 1 fully saturated rings. The summed E-state index contributed by atoms with van der Waals surface area (Å²) in [5.74, 6) is -2.81. The molecule has 1 saturated heterocycles. The molecule has 106 valence electrons. The van der Waals surface area contributed by atoms with Crippen LogP contribution >= 0.6 is 0 Å². The first-order valence-corrected chi connectivity index (χ1v) is 6.59. The van der Waals surface area contributed by atoms with Gasteiger partial charge in [-0.25, -0.2) is 13.2 Å². The molecule has 0 aromatic heterocycles. The minimum Gasteiger partial charge on any atom is -0.381 e. The number of rotatable bonds is 4. The predicted octanol–water partition coefficient (Wildman–Crippen LogP) is 3.18. The minimum atomic E-state index is -1.16. The monoisotopic (exact) mass is 273 g/mol. The molecular weight excluding hydrogens is 255 g/mol. The Labute approximate surface area is 111 Å². The minimum absolute atomic E-state index is 0.0769. The molecule has 19 heavy (non-hydrogen) atoms. The van der Waals surface area contributed by atoms with Gasteiger partial charge in [0.25, 0.3) is 0 Å². The van der Waals surface area contributed by atoms with Crippen molar-refractivity contribution in [3.8, 4) is 0 Å². The lowest BCUT2D eigenvalue weighted by Crippen LogP contribution is -2.34. The smallest absolute Gasteiger partial charge is 0.161 e. The lowest BCUT2D eigenvalue weighted by atomic mass is 9.88. The van der Waals surface area contributed by atoms with E-state index in [2.05, 4.69) is 5.32 Å². The van der Waals surface area contributed by atoms with E-state index in [1.54, 1.807) is 0 Å². The number of hydrogen-bond acceptors (Lipinski definition) is 2. The third-order valence-corrected chi connectivity index (χ3v) is 3.47. The van der Waals surface area contributed by atoms with Gasteiger partial charge in [0.2, 0.25) is 0 Å². The quantitative estimate of drug-likeness (QED) is 0.851. The number of ether oxygens (including phenoxy) is 1. The molecule has 0 bridgehead atoms. The molecule has 1 aliphatic rings. The van der Waals surface area contributed by atoms with Crippen LogP contribution in [0.2, 0.25) is 0 Å². The van der Waals surface area contributed by atoms with E-state index < -0.39 is 17.5 Å². The van der Waals surface area contributed by atoms with Crippen LogP contribution in [0.15, 0.2) is 12.1 Å². The van der Waals surface area contributed by atoms with Gasteiger partial charge in [0.15, 0.2) is 11.6 Å². The average molecular weight is 273 g/mol. The van der Waals surface area contributed by atoms with Crippen molar-refractivity contribution in [3.05, 3.63) is 35.1 Å². The standard InChI is InChI=1S/C14H18F3NO/c1-2-18-14(9-4-3-5-19-8-9)10-6-12(16)13(17)7-11(10)15/h6-7,9,14,18H,2-5,8H2,1H3. The van der Waals surface area contributed by atoms with Crippen LogP contribution in [0.4, 0.5) is 13.2 Å². The van der Waals surface area contributed by atoms with Gasteiger partial charge in [-0.2, -0.15) is 0 Å². The lowest BCUT2D eigenvalue weighted by molar-refractivity contribution is 0.0387. The van der Waals surface area contributed by atoms with E-state index in [1.807, 2.05) is 6.92 Å². The summed E-state index contributed by atoms with van der Waals surface area (Å²) in [6.45, 7) is 3.74. The molecule has 2 atom stereocenters. The molecule has 1 aliphatic heterocycles. The van der Waals surface area contributed by atoms with Crippen LogP contribution < -0.4 is 5.32 Å². The first kappa shape index (κ1) is 14.3. The second-order valence-electron chi connectivity index (χ2n) is 4.80. The molecule has 0 saturated carbocycles. The topological polar surface area (TPSA) is 21.3 Å². The van der Waals surface area contributed by atoms with Crippen LogP contribution in [0.3, 0.4) is 0 Å². The predicted molar refractivity (Wildman–Crippen MR) is 66.3 cm³/mol. The van der Waals surface area contributed by atoms with Crippen molar-refractivity contribution in [2.75, 3.05) is 19.8 Å². The van der Waals surface area contributed by atoms with Gasteiger partial charge in [0, 0.05) is 30.2 Å². The van der Waals surface area contributed by atoms with E-state index in [0.717, 1.165) is 18.9 Å². The normalized spacial score (nSPS) is 21.4. The first-order valence-electron chi connectivity index (χ1n) is 6.59. The van der Waals surface area contributed by atoms with Crippen molar-refractivity contribution in [1.82, 2.24) is 5.32 Å². The summed E-state index contributed by atoms with van der Waals surface area (Å²) in [6, 6.07) is 1.21. The van der Waals surface area contributed by atoms with E-state index in [-0.39, 0.29) is 17.5 Å². The van der Waals surface area contributed by atoms with E-state index in [0.29, 0.717) is 25.8 Å². The molecular formula is C14H18F3NO. The van der Waals surface area contributed by atoms with Gasteiger partial charge >= 0.3 is 0 Å². The zero-order chi connectivity index (χ0) is 13.8. The Hall–Kier alpha value is -1.07. The highest BCUT2D eigenvalue weighted by atomic mass is 19.2.